The van der Waals surface area contributed by atoms with Crippen LogP contribution in [0.3, 0.4) is 0 Å². The summed E-state index contributed by atoms with van der Waals surface area (Å²) >= 11 is 0. The average molecular weight is 439 g/mol. The van der Waals surface area contributed by atoms with Gasteiger partial charge in [0.15, 0.2) is 0 Å². The van der Waals surface area contributed by atoms with E-state index in [-0.39, 0.29) is 17.7 Å². The summed E-state index contributed by atoms with van der Waals surface area (Å²) < 4.78 is 39.8. The molecule has 1 amide bonds. The number of hydrogen-bond donors (Lipinski definition) is 1. The van der Waals surface area contributed by atoms with E-state index >= 15 is 0 Å². The minimum Gasteiger partial charge on any atom is -0.363 e. The van der Waals surface area contributed by atoms with Crippen molar-refractivity contribution in [2.24, 2.45) is 4.99 Å². The second-order valence-corrected chi connectivity index (χ2v) is 7.70. The normalized spacial score (nSPS) is 13.7. The first-order valence-electron chi connectivity index (χ1n) is 9.81. The van der Waals surface area contributed by atoms with Gasteiger partial charge in [0, 0.05) is 25.7 Å². The Balaban J connectivity index is 1.77. The quantitative estimate of drug-likeness (QED) is 0.624. The maximum Gasteiger partial charge on any atom is 0.416 e. The molecular formula is C23H20F3N5O. The van der Waals surface area contributed by atoms with E-state index in [1.54, 1.807) is 0 Å². The molecule has 0 spiro atoms. The van der Waals surface area contributed by atoms with Crippen LogP contribution >= 0.6 is 0 Å². The number of aryl methyl sites for hydroxylation is 1. The number of carbonyl (C=O) groups excluding carboxylic acids is 1. The zero-order valence-corrected chi connectivity index (χ0v) is 17.7. The summed E-state index contributed by atoms with van der Waals surface area (Å²) in [7, 11) is 3.76. The van der Waals surface area contributed by atoms with Gasteiger partial charge in [0.25, 0.3) is 0 Å². The Morgan fingerprint density at radius 2 is 1.78 bits per heavy atom. The van der Waals surface area contributed by atoms with Crippen molar-refractivity contribution < 1.29 is 18.0 Å². The number of benzene rings is 2. The molecule has 1 aliphatic heterocycles. The number of nitrogens with one attached hydrogen (secondary N) is 1. The van der Waals surface area contributed by atoms with Gasteiger partial charge in [-0.2, -0.15) is 13.2 Å². The van der Waals surface area contributed by atoms with Gasteiger partial charge < -0.3 is 10.2 Å². The van der Waals surface area contributed by atoms with E-state index in [2.05, 4.69) is 20.3 Å². The fraction of sp³-hybridized carbons (Fsp3) is 0.217. The molecule has 164 valence electrons. The van der Waals surface area contributed by atoms with Crippen LogP contribution in [0.5, 0.6) is 0 Å². The number of rotatable bonds is 3. The summed E-state index contributed by atoms with van der Waals surface area (Å²) in [4.78, 5) is 27.4. The van der Waals surface area contributed by atoms with Crippen LogP contribution in [0, 0.1) is 6.92 Å². The predicted octanol–water partition coefficient (Wildman–Crippen LogP) is 5.00. The molecule has 4 rings (SSSR count). The van der Waals surface area contributed by atoms with Gasteiger partial charge >= 0.3 is 6.18 Å². The Morgan fingerprint density at radius 1 is 1.03 bits per heavy atom. The minimum absolute atomic E-state index is 0.0430. The SMILES string of the molecule is Cc1cc2c(cc1C(F)(F)F)NC(=O)CC(c1cccc(-c3cc(N(C)C)ncn3)c1)=N2. The molecule has 0 bridgehead atoms. The third-order valence-corrected chi connectivity index (χ3v) is 5.11. The first-order valence-corrected chi connectivity index (χ1v) is 9.81. The van der Waals surface area contributed by atoms with Crippen molar-refractivity contribution in [1.29, 1.82) is 0 Å². The van der Waals surface area contributed by atoms with E-state index in [1.807, 2.05) is 49.3 Å². The molecule has 32 heavy (non-hydrogen) atoms. The van der Waals surface area contributed by atoms with Crippen molar-refractivity contribution in [3.05, 3.63) is 65.5 Å². The number of aliphatic imine (C=N–C) groups is 1. The smallest absolute Gasteiger partial charge is 0.363 e. The summed E-state index contributed by atoms with van der Waals surface area (Å²) in [5, 5.41) is 2.55. The number of amides is 1. The standard InChI is InChI=1S/C23H20F3N5O/c1-13-7-19-20(9-16(13)23(24,25)26)30-22(32)11-18(29-19)15-6-4-5-14(8-15)17-10-21(31(2)3)28-12-27-17/h4-10,12H,11H2,1-3H3,(H,30,32). The summed E-state index contributed by atoms with van der Waals surface area (Å²) in [6.07, 6.45) is -3.10. The number of nitrogens with zero attached hydrogens (tertiary/aromatic N) is 4. The van der Waals surface area contributed by atoms with Crippen molar-refractivity contribution in [2.75, 3.05) is 24.3 Å². The summed E-state index contributed by atoms with van der Waals surface area (Å²) in [6, 6.07) is 11.5. The van der Waals surface area contributed by atoms with E-state index < -0.39 is 17.6 Å². The zero-order chi connectivity index (χ0) is 23.0. The molecule has 1 aliphatic rings. The molecule has 2 heterocycles. The van der Waals surface area contributed by atoms with E-state index in [1.165, 1.54) is 19.3 Å². The monoisotopic (exact) mass is 439 g/mol. The van der Waals surface area contributed by atoms with Crippen LogP contribution < -0.4 is 10.2 Å². The average Bonchev–Trinajstić information content (AvgIpc) is 2.90. The summed E-state index contributed by atoms with van der Waals surface area (Å²) in [6.45, 7) is 1.38. The molecule has 0 saturated heterocycles. The predicted molar refractivity (Wildman–Crippen MR) is 117 cm³/mol. The van der Waals surface area contributed by atoms with Gasteiger partial charge in [0.2, 0.25) is 5.91 Å². The van der Waals surface area contributed by atoms with Gasteiger partial charge in [-0.3, -0.25) is 9.79 Å². The number of aromatic nitrogens is 2. The molecule has 0 fully saturated rings. The van der Waals surface area contributed by atoms with Crippen LogP contribution in [0.25, 0.3) is 11.3 Å². The number of fused-ring (bicyclic) bond motifs is 1. The second-order valence-electron chi connectivity index (χ2n) is 7.70. The van der Waals surface area contributed by atoms with Gasteiger partial charge in [-0.1, -0.05) is 18.2 Å². The van der Waals surface area contributed by atoms with E-state index in [9.17, 15) is 18.0 Å². The fourth-order valence-corrected chi connectivity index (χ4v) is 3.50. The van der Waals surface area contributed by atoms with Gasteiger partial charge in [-0.15, -0.1) is 0 Å². The van der Waals surface area contributed by atoms with Crippen molar-refractivity contribution >= 4 is 28.8 Å². The highest BCUT2D eigenvalue weighted by Gasteiger charge is 2.34. The lowest BCUT2D eigenvalue weighted by Gasteiger charge is -2.13. The number of hydrogen-bond acceptors (Lipinski definition) is 5. The topological polar surface area (TPSA) is 70.5 Å². The Labute approximate surface area is 182 Å². The lowest BCUT2D eigenvalue weighted by atomic mass is 10.0. The van der Waals surface area contributed by atoms with Crippen LogP contribution in [-0.4, -0.2) is 35.7 Å². The minimum atomic E-state index is -4.51. The molecular weight excluding hydrogens is 419 g/mol. The second kappa shape index (κ2) is 8.07. The molecule has 1 aromatic heterocycles. The zero-order valence-electron chi connectivity index (χ0n) is 17.7. The highest BCUT2D eigenvalue weighted by Crippen LogP contribution is 2.39. The first kappa shape index (κ1) is 21.5. The molecule has 0 aliphatic carbocycles. The maximum absolute atomic E-state index is 13.3. The van der Waals surface area contributed by atoms with Crippen LogP contribution in [0.1, 0.15) is 23.1 Å². The van der Waals surface area contributed by atoms with Gasteiger partial charge in [0.1, 0.15) is 12.1 Å². The number of anilines is 2. The van der Waals surface area contributed by atoms with E-state index in [0.29, 0.717) is 22.7 Å². The van der Waals surface area contributed by atoms with Gasteiger partial charge in [0.05, 0.1) is 34.8 Å². The molecule has 2 aromatic carbocycles. The first-order chi connectivity index (χ1) is 15.1. The number of carbonyl (C=O) groups is 1. The van der Waals surface area contributed by atoms with Crippen LogP contribution in [0.4, 0.5) is 30.4 Å². The lowest BCUT2D eigenvalue weighted by Crippen LogP contribution is -2.15. The van der Waals surface area contributed by atoms with Gasteiger partial charge in [-0.05, 0) is 36.2 Å². The van der Waals surface area contributed by atoms with Crippen molar-refractivity contribution in [2.45, 2.75) is 19.5 Å². The molecule has 0 atom stereocenters. The molecule has 3 aromatic rings. The highest BCUT2D eigenvalue weighted by atomic mass is 19.4. The Bertz CT molecular complexity index is 1230. The fourth-order valence-electron chi connectivity index (χ4n) is 3.50. The molecule has 9 heteroatoms. The van der Waals surface area contributed by atoms with E-state index in [0.717, 1.165) is 17.4 Å². The third kappa shape index (κ3) is 4.32. The number of alkyl halides is 3. The van der Waals surface area contributed by atoms with Crippen LogP contribution in [0.2, 0.25) is 0 Å². The number of halogens is 3. The van der Waals surface area contributed by atoms with Gasteiger partial charge in [-0.25, -0.2) is 9.97 Å². The summed E-state index contributed by atoms with van der Waals surface area (Å²) in [5.74, 6) is 0.318. The Hall–Kier alpha value is -3.75. The van der Waals surface area contributed by atoms with Crippen LogP contribution in [0.15, 0.2) is 53.8 Å². The van der Waals surface area contributed by atoms with Crippen molar-refractivity contribution in [3.8, 4) is 11.3 Å². The highest BCUT2D eigenvalue weighted by molar-refractivity contribution is 6.17. The molecule has 1 N–H and O–H groups in total. The summed E-state index contributed by atoms with van der Waals surface area (Å²) in [5.41, 5.74) is 2.25. The molecule has 0 saturated carbocycles. The third-order valence-electron chi connectivity index (χ3n) is 5.11. The molecule has 0 unspecified atom stereocenters. The molecule has 0 radical (unpaired) electrons. The Morgan fingerprint density at radius 3 is 2.50 bits per heavy atom. The lowest BCUT2D eigenvalue weighted by molar-refractivity contribution is -0.138. The Kier molecular flexibility index (Phi) is 5.41. The van der Waals surface area contributed by atoms with E-state index in [4.69, 9.17) is 0 Å². The van der Waals surface area contributed by atoms with Crippen molar-refractivity contribution in [1.82, 2.24) is 9.97 Å². The van der Waals surface area contributed by atoms with Crippen LogP contribution in [-0.2, 0) is 11.0 Å². The largest absolute Gasteiger partial charge is 0.416 e. The maximum atomic E-state index is 13.3. The van der Waals surface area contributed by atoms with Crippen molar-refractivity contribution in [3.63, 3.8) is 0 Å². The molecule has 6 nitrogen and oxygen atoms in total.